The molecule has 0 aliphatic rings. The molecule has 0 fully saturated rings. The number of carbonyl (C=O) groups is 1. The van der Waals surface area contributed by atoms with E-state index in [1.165, 1.54) is 12.1 Å². The van der Waals surface area contributed by atoms with Crippen LogP contribution in [0.15, 0.2) is 18.2 Å². The van der Waals surface area contributed by atoms with Crippen LogP contribution in [0, 0.1) is 6.92 Å². The van der Waals surface area contributed by atoms with Crippen LogP contribution in [0.3, 0.4) is 0 Å². The number of hydrogen-bond donors (Lipinski definition) is 2. The monoisotopic (exact) mass is 212 g/mol. The van der Waals surface area contributed by atoms with Crippen LogP contribution in [0.2, 0.25) is 0 Å². The maximum Gasteiger partial charge on any atom is 0.335 e. The van der Waals surface area contributed by atoms with Crippen LogP contribution in [0.4, 0.5) is 0 Å². The Bertz CT molecular complexity index is 293. The van der Waals surface area contributed by atoms with E-state index in [1.54, 1.807) is 13.0 Å². The summed E-state index contributed by atoms with van der Waals surface area (Å²) in [4.78, 5) is 10.4. The van der Waals surface area contributed by atoms with Crippen LogP contribution in [-0.4, -0.2) is 16.2 Å². The van der Waals surface area contributed by atoms with Gasteiger partial charge in [-0.05, 0) is 24.6 Å². The molecule has 0 atom stereocenters. The van der Waals surface area contributed by atoms with Crippen LogP contribution in [-0.2, 0) is 0 Å². The molecule has 0 spiro atoms. The minimum Gasteiger partial charge on any atom is -0.508 e. The lowest BCUT2D eigenvalue weighted by Gasteiger charge is -1.98. The second-order valence-electron chi connectivity index (χ2n) is 2.31. The molecule has 1 rings (SSSR count). The zero-order valence-electron chi connectivity index (χ0n) is 10.0. The van der Waals surface area contributed by atoms with E-state index in [0.717, 1.165) is 0 Å². The van der Waals surface area contributed by atoms with Gasteiger partial charge in [-0.15, -0.1) is 0 Å². The zero-order valence-corrected chi connectivity index (χ0v) is 10.0. The first-order chi connectivity index (χ1) is 7.11. The molecule has 86 valence electrons. The summed E-state index contributed by atoms with van der Waals surface area (Å²) in [7, 11) is 0. The van der Waals surface area contributed by atoms with Crippen molar-refractivity contribution >= 4 is 5.97 Å². The molecule has 0 bridgehead atoms. The second-order valence-corrected chi connectivity index (χ2v) is 2.31. The van der Waals surface area contributed by atoms with Crippen molar-refractivity contribution in [3.8, 4) is 5.75 Å². The molecule has 0 radical (unpaired) electrons. The van der Waals surface area contributed by atoms with Gasteiger partial charge >= 0.3 is 5.97 Å². The van der Waals surface area contributed by atoms with E-state index in [0.29, 0.717) is 5.56 Å². The van der Waals surface area contributed by atoms with Crippen molar-refractivity contribution in [3.05, 3.63) is 29.3 Å². The first-order valence-electron chi connectivity index (χ1n) is 5.14. The predicted octanol–water partition coefficient (Wildman–Crippen LogP) is 3.45. The highest BCUT2D eigenvalue weighted by Gasteiger charge is 2.03. The molecular weight excluding hydrogens is 192 g/mol. The number of phenolic OH excluding ortho intramolecular Hbond substituents is 1. The van der Waals surface area contributed by atoms with Crippen molar-refractivity contribution in [2.24, 2.45) is 0 Å². The number of aromatic hydroxyl groups is 1. The molecule has 1 aromatic carbocycles. The maximum absolute atomic E-state index is 10.4. The average Bonchev–Trinajstić information content (AvgIpc) is 2.27. The minimum atomic E-state index is -1.03. The Morgan fingerprint density at radius 3 is 1.93 bits per heavy atom. The van der Waals surface area contributed by atoms with Gasteiger partial charge in [0.15, 0.2) is 0 Å². The molecule has 1 aromatic rings. The fraction of sp³-hybridized carbons (Fsp3) is 0.417. The Kier molecular flexibility index (Phi) is 9.63. The minimum absolute atomic E-state index is 0.0184. The van der Waals surface area contributed by atoms with Crippen LogP contribution in [0.1, 0.15) is 43.6 Å². The van der Waals surface area contributed by atoms with Crippen molar-refractivity contribution in [1.29, 1.82) is 0 Å². The third kappa shape index (κ3) is 5.73. The molecule has 0 aliphatic heterocycles. The highest BCUT2D eigenvalue weighted by molar-refractivity contribution is 5.88. The Morgan fingerprint density at radius 2 is 1.60 bits per heavy atom. The molecule has 0 saturated heterocycles. The van der Waals surface area contributed by atoms with Gasteiger partial charge in [-0.2, -0.15) is 0 Å². The third-order valence-electron chi connectivity index (χ3n) is 1.46. The zero-order chi connectivity index (χ0) is 12.4. The van der Waals surface area contributed by atoms with Gasteiger partial charge in [0.1, 0.15) is 5.75 Å². The van der Waals surface area contributed by atoms with Crippen molar-refractivity contribution in [3.63, 3.8) is 0 Å². The van der Waals surface area contributed by atoms with Crippen molar-refractivity contribution in [2.45, 2.75) is 34.6 Å². The summed E-state index contributed by atoms with van der Waals surface area (Å²) in [5, 5.41) is 17.6. The molecule has 0 saturated carbocycles. The van der Waals surface area contributed by atoms with E-state index in [9.17, 15) is 4.79 Å². The number of rotatable bonds is 1. The summed E-state index contributed by atoms with van der Waals surface area (Å²) in [6.45, 7) is 9.71. The lowest BCUT2D eigenvalue weighted by molar-refractivity contribution is 0.0696. The van der Waals surface area contributed by atoms with Crippen LogP contribution >= 0.6 is 0 Å². The van der Waals surface area contributed by atoms with Gasteiger partial charge in [-0.3, -0.25) is 0 Å². The fourth-order valence-electron chi connectivity index (χ4n) is 0.742. The smallest absolute Gasteiger partial charge is 0.335 e. The predicted molar refractivity (Wildman–Crippen MR) is 62.5 cm³/mol. The standard InChI is InChI=1S/C8H8O3.2C2H6/c1-5-2-3-6(8(10)11)4-7(5)9;2*1-2/h2-4,9H,1H3,(H,10,11);2*1-2H3. The molecule has 2 N–H and O–H groups in total. The molecule has 3 heteroatoms. The van der Waals surface area contributed by atoms with Gasteiger partial charge in [0.2, 0.25) is 0 Å². The summed E-state index contributed by atoms with van der Waals surface area (Å²) in [6, 6.07) is 4.26. The molecular formula is C12H20O3. The van der Waals surface area contributed by atoms with Gasteiger partial charge in [0.05, 0.1) is 5.56 Å². The molecule has 3 nitrogen and oxygen atoms in total. The number of hydrogen-bond acceptors (Lipinski definition) is 2. The first kappa shape index (κ1) is 15.9. The number of carboxylic acid groups (broad SMARTS) is 1. The van der Waals surface area contributed by atoms with Crippen molar-refractivity contribution < 1.29 is 15.0 Å². The van der Waals surface area contributed by atoms with Gasteiger partial charge in [0, 0.05) is 0 Å². The number of aromatic carboxylic acids is 1. The summed E-state index contributed by atoms with van der Waals surface area (Å²) >= 11 is 0. The van der Waals surface area contributed by atoms with E-state index in [2.05, 4.69) is 0 Å². The lowest BCUT2D eigenvalue weighted by Crippen LogP contribution is -1.95. The normalized spacial score (nSPS) is 7.80. The van der Waals surface area contributed by atoms with Gasteiger partial charge in [-0.1, -0.05) is 33.8 Å². The second kappa shape index (κ2) is 9.06. The number of aryl methyl sites for hydroxylation is 1. The van der Waals surface area contributed by atoms with Crippen LogP contribution in [0.5, 0.6) is 5.75 Å². The van der Waals surface area contributed by atoms with Crippen molar-refractivity contribution in [1.82, 2.24) is 0 Å². The Morgan fingerprint density at radius 1 is 1.13 bits per heavy atom. The molecule has 0 aliphatic carbocycles. The fourth-order valence-corrected chi connectivity index (χ4v) is 0.742. The first-order valence-corrected chi connectivity index (χ1v) is 5.14. The summed E-state index contributed by atoms with van der Waals surface area (Å²) < 4.78 is 0. The largest absolute Gasteiger partial charge is 0.508 e. The summed E-state index contributed by atoms with van der Waals surface area (Å²) in [5.41, 5.74) is 0.781. The number of carboxylic acids is 1. The third-order valence-corrected chi connectivity index (χ3v) is 1.46. The highest BCUT2D eigenvalue weighted by atomic mass is 16.4. The average molecular weight is 212 g/mol. The van der Waals surface area contributed by atoms with Gasteiger partial charge in [0.25, 0.3) is 0 Å². The van der Waals surface area contributed by atoms with Gasteiger partial charge < -0.3 is 10.2 Å². The Hall–Kier alpha value is -1.51. The van der Waals surface area contributed by atoms with E-state index >= 15 is 0 Å². The Labute approximate surface area is 91.4 Å². The van der Waals surface area contributed by atoms with E-state index in [1.807, 2.05) is 27.7 Å². The quantitative estimate of drug-likeness (QED) is 0.749. The van der Waals surface area contributed by atoms with E-state index in [4.69, 9.17) is 10.2 Å². The summed E-state index contributed by atoms with van der Waals surface area (Å²) in [5.74, 6) is -1.01. The topological polar surface area (TPSA) is 57.5 Å². The molecule has 15 heavy (non-hydrogen) atoms. The van der Waals surface area contributed by atoms with E-state index in [-0.39, 0.29) is 11.3 Å². The summed E-state index contributed by atoms with van der Waals surface area (Å²) in [6.07, 6.45) is 0. The molecule has 0 heterocycles. The SMILES string of the molecule is CC.CC.Cc1ccc(C(=O)O)cc1O. The van der Waals surface area contributed by atoms with E-state index < -0.39 is 5.97 Å². The Balaban J connectivity index is 0. The lowest BCUT2D eigenvalue weighted by atomic mass is 10.1. The molecule has 0 unspecified atom stereocenters. The number of phenols is 1. The molecule has 0 amide bonds. The van der Waals surface area contributed by atoms with Crippen molar-refractivity contribution in [2.75, 3.05) is 0 Å². The van der Waals surface area contributed by atoms with Crippen LogP contribution < -0.4 is 0 Å². The van der Waals surface area contributed by atoms with Gasteiger partial charge in [-0.25, -0.2) is 4.79 Å². The highest BCUT2D eigenvalue weighted by Crippen LogP contribution is 2.16. The maximum atomic E-state index is 10.4. The molecule has 0 aromatic heterocycles. The van der Waals surface area contributed by atoms with Crippen LogP contribution in [0.25, 0.3) is 0 Å². The number of benzene rings is 1.